The Morgan fingerprint density at radius 1 is 1.23 bits per heavy atom. The summed E-state index contributed by atoms with van der Waals surface area (Å²) in [6, 6.07) is 7.44. The molecule has 0 bridgehead atoms. The van der Waals surface area contributed by atoms with E-state index in [1.165, 1.54) is 0 Å². The minimum Gasteiger partial charge on any atom is -0.494 e. The number of amides is 1. The van der Waals surface area contributed by atoms with Gasteiger partial charge in [0.15, 0.2) is 0 Å². The van der Waals surface area contributed by atoms with Gasteiger partial charge >= 0.3 is 0 Å². The second kappa shape index (κ2) is 7.59. The first kappa shape index (κ1) is 16.0. The molecule has 0 aliphatic rings. The van der Waals surface area contributed by atoms with Crippen LogP contribution >= 0.6 is 0 Å². The molecule has 0 saturated heterocycles. The average Bonchev–Trinajstić information content (AvgIpc) is 2.54. The summed E-state index contributed by atoms with van der Waals surface area (Å²) in [6.07, 6.45) is 4.51. The lowest BCUT2D eigenvalue weighted by atomic mass is 10.1. The van der Waals surface area contributed by atoms with Gasteiger partial charge in [-0.05, 0) is 61.2 Å². The molecule has 0 aliphatic heterocycles. The van der Waals surface area contributed by atoms with Gasteiger partial charge in [0.1, 0.15) is 5.75 Å². The number of pyridine rings is 1. The molecule has 1 amide bonds. The summed E-state index contributed by atoms with van der Waals surface area (Å²) in [4.78, 5) is 16.4. The van der Waals surface area contributed by atoms with Crippen LogP contribution < -0.4 is 10.1 Å². The number of hydrogen-bond acceptors (Lipinski definition) is 3. The molecular formula is C18H22N2O2. The van der Waals surface area contributed by atoms with Crippen molar-refractivity contribution in [3.63, 3.8) is 0 Å². The van der Waals surface area contributed by atoms with Gasteiger partial charge in [0.25, 0.3) is 5.91 Å². The fourth-order valence-electron chi connectivity index (χ4n) is 2.33. The first-order valence-corrected chi connectivity index (χ1v) is 7.59. The third kappa shape index (κ3) is 3.85. The van der Waals surface area contributed by atoms with Crippen LogP contribution in [-0.2, 0) is 13.0 Å². The van der Waals surface area contributed by atoms with Gasteiger partial charge in [-0.2, -0.15) is 0 Å². The predicted octanol–water partition coefficient (Wildman–Crippen LogP) is 3.28. The summed E-state index contributed by atoms with van der Waals surface area (Å²) in [5, 5.41) is 2.96. The maximum atomic E-state index is 12.3. The van der Waals surface area contributed by atoms with E-state index in [2.05, 4.69) is 17.2 Å². The van der Waals surface area contributed by atoms with Crippen LogP contribution in [0, 0.1) is 6.92 Å². The topological polar surface area (TPSA) is 51.2 Å². The third-order valence-electron chi connectivity index (χ3n) is 3.56. The van der Waals surface area contributed by atoms with Crippen molar-refractivity contribution < 1.29 is 9.53 Å². The normalized spacial score (nSPS) is 10.3. The molecule has 2 rings (SSSR count). The number of carbonyl (C=O) groups excluding carboxylic acids is 1. The maximum Gasteiger partial charge on any atom is 0.251 e. The Bertz CT molecular complexity index is 653. The molecule has 0 saturated carbocycles. The van der Waals surface area contributed by atoms with Crippen LogP contribution in [0.2, 0.25) is 0 Å². The zero-order chi connectivity index (χ0) is 15.9. The second-order valence-electron chi connectivity index (χ2n) is 5.09. The average molecular weight is 298 g/mol. The number of ether oxygens (including phenoxy) is 1. The Balaban J connectivity index is 2.05. The fraction of sp³-hybridized carbons (Fsp3) is 0.333. The van der Waals surface area contributed by atoms with Gasteiger partial charge in [-0.1, -0.05) is 6.92 Å². The molecule has 0 atom stereocenters. The molecule has 2 aromatic rings. The van der Waals surface area contributed by atoms with Crippen molar-refractivity contribution in [1.82, 2.24) is 10.3 Å². The van der Waals surface area contributed by atoms with Crippen molar-refractivity contribution >= 4 is 5.91 Å². The lowest BCUT2D eigenvalue weighted by molar-refractivity contribution is 0.0950. The smallest absolute Gasteiger partial charge is 0.251 e. The largest absolute Gasteiger partial charge is 0.494 e. The summed E-state index contributed by atoms with van der Waals surface area (Å²) in [5.41, 5.74) is 3.87. The highest BCUT2D eigenvalue weighted by molar-refractivity contribution is 5.94. The number of nitrogens with one attached hydrogen (secondary N) is 1. The number of benzene rings is 1. The van der Waals surface area contributed by atoms with E-state index in [1.807, 2.05) is 38.2 Å². The Kier molecular flexibility index (Phi) is 5.53. The van der Waals surface area contributed by atoms with Crippen molar-refractivity contribution in [1.29, 1.82) is 0 Å². The number of hydrogen-bond donors (Lipinski definition) is 1. The zero-order valence-corrected chi connectivity index (χ0v) is 13.3. The van der Waals surface area contributed by atoms with E-state index in [0.29, 0.717) is 18.7 Å². The minimum absolute atomic E-state index is 0.0787. The van der Waals surface area contributed by atoms with E-state index in [1.54, 1.807) is 12.3 Å². The van der Waals surface area contributed by atoms with Gasteiger partial charge in [0.05, 0.1) is 6.61 Å². The third-order valence-corrected chi connectivity index (χ3v) is 3.56. The van der Waals surface area contributed by atoms with Crippen molar-refractivity contribution in [3.8, 4) is 5.75 Å². The van der Waals surface area contributed by atoms with E-state index >= 15 is 0 Å². The Labute approximate surface area is 131 Å². The van der Waals surface area contributed by atoms with Gasteiger partial charge in [-0.15, -0.1) is 0 Å². The predicted molar refractivity (Wildman–Crippen MR) is 87.1 cm³/mol. The van der Waals surface area contributed by atoms with E-state index in [4.69, 9.17) is 4.74 Å². The molecule has 22 heavy (non-hydrogen) atoms. The molecule has 0 radical (unpaired) electrons. The minimum atomic E-state index is -0.0787. The maximum absolute atomic E-state index is 12.3. The monoisotopic (exact) mass is 298 g/mol. The molecule has 1 N–H and O–H groups in total. The molecule has 1 heterocycles. The highest BCUT2D eigenvalue weighted by atomic mass is 16.5. The van der Waals surface area contributed by atoms with Gasteiger partial charge in [-0.3, -0.25) is 9.78 Å². The molecular weight excluding hydrogens is 276 g/mol. The second-order valence-corrected chi connectivity index (χ2v) is 5.09. The summed E-state index contributed by atoms with van der Waals surface area (Å²) >= 11 is 0. The van der Waals surface area contributed by atoms with Crippen LogP contribution in [0.1, 0.15) is 40.9 Å². The number of aromatic nitrogens is 1. The zero-order valence-electron chi connectivity index (χ0n) is 13.3. The van der Waals surface area contributed by atoms with Gasteiger partial charge in [0.2, 0.25) is 0 Å². The van der Waals surface area contributed by atoms with Crippen molar-refractivity contribution in [2.24, 2.45) is 0 Å². The molecule has 0 aliphatic carbocycles. The fourth-order valence-corrected chi connectivity index (χ4v) is 2.33. The van der Waals surface area contributed by atoms with E-state index in [0.717, 1.165) is 28.9 Å². The highest BCUT2D eigenvalue weighted by Gasteiger charge is 2.09. The summed E-state index contributed by atoms with van der Waals surface area (Å²) < 4.78 is 5.49. The molecule has 0 unspecified atom stereocenters. The van der Waals surface area contributed by atoms with Crippen molar-refractivity contribution in [2.75, 3.05) is 6.61 Å². The van der Waals surface area contributed by atoms with Gasteiger partial charge in [-0.25, -0.2) is 0 Å². The van der Waals surface area contributed by atoms with Crippen LogP contribution in [0.3, 0.4) is 0 Å². The van der Waals surface area contributed by atoms with Crippen molar-refractivity contribution in [2.45, 2.75) is 33.7 Å². The first-order valence-electron chi connectivity index (χ1n) is 7.59. The molecule has 4 heteroatoms. The molecule has 0 spiro atoms. The van der Waals surface area contributed by atoms with Crippen LogP contribution in [0.5, 0.6) is 5.75 Å². The number of aryl methyl sites for hydroxylation is 2. The van der Waals surface area contributed by atoms with Crippen LogP contribution in [0.15, 0.2) is 36.7 Å². The van der Waals surface area contributed by atoms with E-state index < -0.39 is 0 Å². The molecule has 1 aromatic carbocycles. The van der Waals surface area contributed by atoms with Gasteiger partial charge in [0, 0.05) is 24.5 Å². The molecule has 0 fully saturated rings. The molecule has 4 nitrogen and oxygen atoms in total. The quantitative estimate of drug-likeness (QED) is 0.890. The Morgan fingerprint density at radius 3 is 2.73 bits per heavy atom. The first-order chi connectivity index (χ1) is 10.7. The Hall–Kier alpha value is -2.36. The number of rotatable bonds is 6. The van der Waals surface area contributed by atoms with Crippen LogP contribution in [0.25, 0.3) is 0 Å². The molecule has 116 valence electrons. The summed E-state index contributed by atoms with van der Waals surface area (Å²) in [6.45, 7) is 7.10. The van der Waals surface area contributed by atoms with Crippen molar-refractivity contribution in [3.05, 3.63) is 58.9 Å². The summed E-state index contributed by atoms with van der Waals surface area (Å²) in [5.74, 6) is 0.742. The van der Waals surface area contributed by atoms with Gasteiger partial charge < -0.3 is 10.1 Å². The van der Waals surface area contributed by atoms with Crippen LogP contribution in [0.4, 0.5) is 0 Å². The van der Waals surface area contributed by atoms with Crippen LogP contribution in [-0.4, -0.2) is 17.5 Å². The number of nitrogens with zero attached hydrogens (tertiary/aromatic N) is 1. The van der Waals surface area contributed by atoms with E-state index in [9.17, 15) is 4.79 Å². The summed E-state index contributed by atoms with van der Waals surface area (Å²) in [7, 11) is 0. The highest BCUT2D eigenvalue weighted by Crippen LogP contribution is 2.19. The Morgan fingerprint density at radius 2 is 2.05 bits per heavy atom. The number of carbonyl (C=O) groups is 1. The SMILES string of the molecule is CCOc1ccc(C(=O)NCc2ccncc2CC)cc1C. The standard InChI is InChI=1S/C18H22N2O2/c1-4-14-11-19-9-8-16(14)12-20-18(21)15-6-7-17(22-5-2)13(3)10-15/h6-11H,4-5,12H2,1-3H3,(H,20,21). The van der Waals surface area contributed by atoms with E-state index in [-0.39, 0.29) is 5.91 Å². The lowest BCUT2D eigenvalue weighted by Crippen LogP contribution is -2.23. The lowest BCUT2D eigenvalue weighted by Gasteiger charge is -2.11. The molecule has 1 aromatic heterocycles.